The third-order valence-electron chi connectivity index (χ3n) is 16.1. The minimum atomic E-state index is -0.330. The first-order chi connectivity index (χ1) is 35.2. The lowest BCUT2D eigenvalue weighted by Gasteiger charge is -2.36. The normalized spacial score (nSPS) is 13.8. The van der Waals surface area contributed by atoms with Gasteiger partial charge in [-0.3, -0.25) is 4.57 Å². The Hall–Kier alpha value is -7.11. The number of pyridine rings is 1. The van der Waals surface area contributed by atoms with Gasteiger partial charge in [-0.1, -0.05) is 190 Å². The smallest absolute Gasteiger partial charge is 0.137 e. The minimum Gasteiger partial charge on any atom is -0.457 e. The molecule has 1 aliphatic rings. The van der Waals surface area contributed by atoms with Crippen molar-refractivity contribution in [2.24, 2.45) is 0 Å². The number of hydrogen-bond acceptors (Lipinski definition) is 4. The van der Waals surface area contributed by atoms with Crippen molar-refractivity contribution in [1.82, 2.24) is 9.55 Å². The second-order valence-electron chi connectivity index (χ2n) is 26.4. The molecule has 0 saturated carbocycles. The summed E-state index contributed by atoms with van der Waals surface area (Å²) in [5.74, 6) is 2.47. The maximum Gasteiger partial charge on any atom is 0.137 e. The fourth-order valence-electron chi connectivity index (χ4n) is 11.1. The van der Waals surface area contributed by atoms with Gasteiger partial charge in [0.15, 0.2) is 0 Å². The highest BCUT2D eigenvalue weighted by Gasteiger charge is 2.39. The Morgan fingerprint density at radius 3 is 1.47 bits per heavy atom. The molecule has 75 heavy (non-hydrogen) atoms. The predicted molar refractivity (Wildman–Crippen MR) is 319 cm³/mol. The molecule has 5 nitrogen and oxygen atoms in total. The highest BCUT2D eigenvalue weighted by Crippen LogP contribution is 2.53. The van der Waals surface area contributed by atoms with Crippen LogP contribution in [0.25, 0.3) is 27.6 Å². The third-order valence-corrected chi connectivity index (χ3v) is 16.1. The molecule has 0 amide bonds. The van der Waals surface area contributed by atoms with Gasteiger partial charge in [-0.05, 0) is 139 Å². The summed E-state index contributed by atoms with van der Waals surface area (Å²) in [6.45, 7) is 37.6. The second kappa shape index (κ2) is 18.3. The Kier molecular flexibility index (Phi) is 12.6. The Bertz CT molecular complexity index is 3590. The number of anilines is 4. The van der Waals surface area contributed by atoms with Crippen molar-refractivity contribution in [2.45, 2.75) is 143 Å². The maximum atomic E-state index is 7.19. The summed E-state index contributed by atoms with van der Waals surface area (Å²) in [4.78, 5) is 10.1. The quantitative estimate of drug-likeness (QED) is 0.144. The van der Waals surface area contributed by atoms with Crippen molar-refractivity contribution < 1.29 is 4.74 Å². The van der Waals surface area contributed by atoms with Crippen LogP contribution in [0.2, 0.25) is 0 Å². The van der Waals surface area contributed by atoms with Crippen molar-refractivity contribution in [3.05, 3.63) is 214 Å². The van der Waals surface area contributed by atoms with Crippen LogP contribution in [0, 0.1) is 0 Å². The summed E-state index contributed by atoms with van der Waals surface area (Å²) in [6.07, 6.45) is 1.95. The Morgan fingerprint density at radius 1 is 0.373 bits per heavy atom. The first kappa shape index (κ1) is 51.4. The summed E-state index contributed by atoms with van der Waals surface area (Å²) in [5, 5.41) is 2.38. The number of nitrogens with zero attached hydrogens (tertiary/aromatic N) is 4. The van der Waals surface area contributed by atoms with E-state index < -0.39 is 0 Å². The molecule has 0 N–H and O–H groups in total. The van der Waals surface area contributed by atoms with Crippen LogP contribution in [0.5, 0.6) is 11.5 Å². The molecule has 0 atom stereocenters. The maximum absolute atomic E-state index is 7.19. The van der Waals surface area contributed by atoms with Crippen LogP contribution < -0.4 is 14.5 Å². The van der Waals surface area contributed by atoms with E-state index in [4.69, 9.17) is 9.72 Å². The lowest BCUT2D eigenvalue weighted by Crippen LogP contribution is -2.28. The van der Waals surface area contributed by atoms with Crippen molar-refractivity contribution in [2.75, 3.05) is 16.5 Å². The number of fused-ring (bicyclic) bond motifs is 4. The van der Waals surface area contributed by atoms with Gasteiger partial charge in [0, 0.05) is 51.3 Å². The van der Waals surface area contributed by atoms with Crippen LogP contribution >= 0.6 is 0 Å². The standard InChI is InChI=1S/C70H78N4O/c1-65(2,3)48-28-23-29-52(36-48)72-45-73(63-44-59(70(15,16)47-26-21-18-22-27-47)58(43-62(63)72)69(13,14)46-24-19-17-20-25-46)53-37-51(68(10,11)12)38-55(41-53)75-54-31-32-56-57-39-49(66(4,5)6)30-33-60(57)74(61(56)42-54)64-40-50(34-35-71-64)67(7,8)9/h17-44H,45H2,1-16H3. The first-order valence-corrected chi connectivity index (χ1v) is 27.0. The Labute approximate surface area is 448 Å². The van der Waals surface area contributed by atoms with E-state index in [0.717, 1.165) is 34.0 Å². The number of rotatable bonds is 9. The summed E-state index contributed by atoms with van der Waals surface area (Å²) < 4.78 is 9.51. The molecule has 9 aromatic rings. The molecule has 3 heterocycles. The van der Waals surface area contributed by atoms with Crippen molar-refractivity contribution >= 4 is 44.6 Å². The van der Waals surface area contributed by atoms with Crippen LogP contribution in [-0.4, -0.2) is 16.2 Å². The average molecular weight is 991 g/mol. The molecular formula is C70H78N4O. The summed E-state index contributed by atoms with van der Waals surface area (Å²) in [7, 11) is 0. The SMILES string of the molecule is CC(C)(C)c1cccc(N2CN(c3cc(Oc4ccc5c6cc(C(C)(C)C)ccc6n(-c6cc(C(C)(C)C)ccn6)c5c4)cc(C(C)(C)C)c3)c3cc(C(C)(C)c4ccccc4)c(C(C)(C)c4ccccc4)cc32)c1. The van der Waals surface area contributed by atoms with Gasteiger partial charge in [0.05, 0.1) is 22.4 Å². The van der Waals surface area contributed by atoms with Crippen LogP contribution in [0.4, 0.5) is 22.7 Å². The molecule has 2 aromatic heterocycles. The Morgan fingerprint density at radius 2 is 0.893 bits per heavy atom. The van der Waals surface area contributed by atoms with Gasteiger partial charge in [0.25, 0.3) is 0 Å². The number of aromatic nitrogens is 2. The van der Waals surface area contributed by atoms with Gasteiger partial charge in [-0.2, -0.15) is 0 Å². The molecular weight excluding hydrogens is 913 g/mol. The molecule has 10 rings (SSSR count). The lowest BCUT2D eigenvalue weighted by atomic mass is 9.68. The van der Waals surface area contributed by atoms with E-state index >= 15 is 0 Å². The van der Waals surface area contributed by atoms with Crippen molar-refractivity contribution in [3.63, 3.8) is 0 Å². The van der Waals surface area contributed by atoms with Crippen LogP contribution in [0.1, 0.15) is 155 Å². The fourth-order valence-corrected chi connectivity index (χ4v) is 11.1. The topological polar surface area (TPSA) is 33.5 Å². The molecule has 0 saturated heterocycles. The van der Waals surface area contributed by atoms with Crippen LogP contribution in [0.15, 0.2) is 170 Å². The van der Waals surface area contributed by atoms with Gasteiger partial charge in [0.1, 0.15) is 24.0 Å². The van der Waals surface area contributed by atoms with Crippen LogP contribution in [-0.2, 0) is 32.5 Å². The molecule has 0 fully saturated rings. The average Bonchev–Trinajstić information content (AvgIpc) is 3.93. The lowest BCUT2D eigenvalue weighted by molar-refractivity contribution is 0.479. The monoisotopic (exact) mass is 991 g/mol. The zero-order chi connectivity index (χ0) is 53.6. The van der Waals surface area contributed by atoms with Gasteiger partial charge in [-0.15, -0.1) is 0 Å². The largest absolute Gasteiger partial charge is 0.457 e. The van der Waals surface area contributed by atoms with E-state index in [-0.39, 0.29) is 32.5 Å². The highest BCUT2D eigenvalue weighted by molar-refractivity contribution is 6.10. The van der Waals surface area contributed by atoms with Gasteiger partial charge in [-0.25, -0.2) is 4.98 Å². The molecule has 0 unspecified atom stereocenters. The molecule has 0 bridgehead atoms. The van der Waals surface area contributed by atoms with E-state index in [1.165, 1.54) is 72.3 Å². The molecule has 384 valence electrons. The molecule has 1 aliphatic heterocycles. The number of ether oxygens (including phenoxy) is 1. The van der Waals surface area contributed by atoms with Crippen molar-refractivity contribution in [1.29, 1.82) is 0 Å². The zero-order valence-electron chi connectivity index (χ0n) is 47.6. The van der Waals surface area contributed by atoms with Gasteiger partial charge in [0.2, 0.25) is 0 Å². The predicted octanol–water partition coefficient (Wildman–Crippen LogP) is 19.1. The minimum absolute atomic E-state index is 0.00407. The molecule has 5 heteroatoms. The number of benzene rings is 7. The molecule has 0 radical (unpaired) electrons. The first-order valence-electron chi connectivity index (χ1n) is 27.0. The van der Waals surface area contributed by atoms with E-state index in [2.05, 4.69) is 289 Å². The summed E-state index contributed by atoms with van der Waals surface area (Å²) in [6, 6.07) is 61.0. The van der Waals surface area contributed by atoms with Gasteiger partial charge >= 0.3 is 0 Å². The van der Waals surface area contributed by atoms with Crippen molar-refractivity contribution in [3.8, 4) is 17.3 Å². The van der Waals surface area contributed by atoms with E-state index in [9.17, 15) is 0 Å². The van der Waals surface area contributed by atoms with E-state index in [1.807, 2.05) is 6.20 Å². The summed E-state index contributed by atoms with van der Waals surface area (Å²) >= 11 is 0. The van der Waals surface area contributed by atoms with Crippen LogP contribution in [0.3, 0.4) is 0 Å². The summed E-state index contributed by atoms with van der Waals surface area (Å²) in [5.41, 5.74) is 16.2. The van der Waals surface area contributed by atoms with E-state index in [0.29, 0.717) is 6.67 Å². The van der Waals surface area contributed by atoms with E-state index in [1.54, 1.807) is 0 Å². The van der Waals surface area contributed by atoms with Gasteiger partial charge < -0.3 is 14.5 Å². The molecule has 0 aliphatic carbocycles. The molecule has 0 spiro atoms. The second-order valence-corrected chi connectivity index (χ2v) is 26.4. The third kappa shape index (κ3) is 9.64. The fraction of sp³-hybridized carbons (Fsp3) is 0.329. The molecule has 7 aromatic carbocycles. The zero-order valence-corrected chi connectivity index (χ0v) is 47.6. The highest BCUT2D eigenvalue weighted by atomic mass is 16.5. The number of hydrogen-bond donors (Lipinski definition) is 0. The Balaban J connectivity index is 1.17.